The first kappa shape index (κ1) is 17.5. The third kappa shape index (κ3) is 4.18. The molecule has 2 atom stereocenters. The van der Waals surface area contributed by atoms with Gasteiger partial charge in [-0.3, -0.25) is 4.68 Å². The molecule has 6 heteroatoms. The van der Waals surface area contributed by atoms with Crippen molar-refractivity contribution >= 4 is 5.96 Å². The lowest BCUT2D eigenvalue weighted by Crippen LogP contribution is -2.48. The molecule has 0 radical (unpaired) electrons. The smallest absolute Gasteiger partial charge is 0.194 e. The number of rotatable bonds is 4. The number of guanidine groups is 1. The van der Waals surface area contributed by atoms with E-state index < -0.39 is 0 Å². The SMILES string of the molecule is CCNC(=NCc1ncnn1C)N1CC[C@@H](c2ccccc2)[C@H](C)C1. The second-order valence-electron chi connectivity index (χ2n) is 6.70. The quantitative estimate of drug-likeness (QED) is 0.686. The normalized spacial score (nSPS) is 21.4. The van der Waals surface area contributed by atoms with E-state index in [1.165, 1.54) is 5.56 Å². The van der Waals surface area contributed by atoms with Crippen molar-refractivity contribution in [2.24, 2.45) is 18.0 Å². The van der Waals surface area contributed by atoms with Crippen LogP contribution in [0.4, 0.5) is 0 Å². The van der Waals surface area contributed by atoms with Crippen molar-refractivity contribution in [3.05, 3.63) is 48.0 Å². The van der Waals surface area contributed by atoms with Gasteiger partial charge >= 0.3 is 0 Å². The first-order chi connectivity index (χ1) is 12.2. The molecule has 1 fully saturated rings. The Hall–Kier alpha value is -2.37. The van der Waals surface area contributed by atoms with E-state index in [-0.39, 0.29) is 0 Å². The van der Waals surface area contributed by atoms with E-state index in [2.05, 4.69) is 64.5 Å². The van der Waals surface area contributed by atoms with Crippen molar-refractivity contribution in [1.29, 1.82) is 0 Å². The van der Waals surface area contributed by atoms with Crippen LogP contribution in [-0.2, 0) is 13.6 Å². The Morgan fingerprint density at radius 1 is 1.32 bits per heavy atom. The van der Waals surface area contributed by atoms with Gasteiger partial charge in [0, 0.05) is 26.7 Å². The van der Waals surface area contributed by atoms with E-state index in [1.54, 1.807) is 11.0 Å². The monoisotopic (exact) mass is 340 g/mol. The molecule has 0 unspecified atom stereocenters. The van der Waals surface area contributed by atoms with E-state index in [0.717, 1.165) is 37.8 Å². The van der Waals surface area contributed by atoms with E-state index in [4.69, 9.17) is 4.99 Å². The van der Waals surface area contributed by atoms with Crippen LogP contribution in [-0.4, -0.2) is 45.3 Å². The van der Waals surface area contributed by atoms with Crippen molar-refractivity contribution < 1.29 is 0 Å². The van der Waals surface area contributed by atoms with Crippen LogP contribution in [0.25, 0.3) is 0 Å². The van der Waals surface area contributed by atoms with Gasteiger partial charge < -0.3 is 10.2 Å². The van der Waals surface area contributed by atoms with Crippen LogP contribution in [0.1, 0.15) is 37.6 Å². The molecule has 1 aliphatic rings. The van der Waals surface area contributed by atoms with Gasteiger partial charge in [-0.1, -0.05) is 37.3 Å². The molecule has 2 aromatic rings. The number of hydrogen-bond acceptors (Lipinski definition) is 3. The highest BCUT2D eigenvalue weighted by molar-refractivity contribution is 5.80. The Balaban J connectivity index is 1.68. The molecular weight excluding hydrogens is 312 g/mol. The number of likely N-dealkylation sites (tertiary alicyclic amines) is 1. The van der Waals surface area contributed by atoms with Crippen LogP contribution < -0.4 is 5.32 Å². The largest absolute Gasteiger partial charge is 0.357 e. The third-order valence-corrected chi connectivity index (χ3v) is 4.94. The lowest BCUT2D eigenvalue weighted by Gasteiger charge is -2.39. The Morgan fingerprint density at radius 3 is 2.76 bits per heavy atom. The number of aliphatic imine (C=N–C) groups is 1. The maximum Gasteiger partial charge on any atom is 0.194 e. The van der Waals surface area contributed by atoms with Gasteiger partial charge in [0.1, 0.15) is 18.7 Å². The summed E-state index contributed by atoms with van der Waals surface area (Å²) in [6.07, 6.45) is 2.73. The first-order valence-corrected chi connectivity index (χ1v) is 9.10. The van der Waals surface area contributed by atoms with Crippen LogP contribution in [0, 0.1) is 5.92 Å². The molecule has 3 rings (SSSR count). The van der Waals surface area contributed by atoms with Crippen LogP contribution >= 0.6 is 0 Å². The second kappa shape index (κ2) is 8.14. The zero-order chi connectivity index (χ0) is 17.6. The van der Waals surface area contributed by atoms with Crippen molar-refractivity contribution in [3.8, 4) is 0 Å². The molecular formula is C19H28N6. The average molecular weight is 340 g/mol. The van der Waals surface area contributed by atoms with Gasteiger partial charge in [-0.2, -0.15) is 5.10 Å². The highest BCUT2D eigenvalue weighted by Crippen LogP contribution is 2.32. The van der Waals surface area contributed by atoms with E-state index in [0.29, 0.717) is 18.4 Å². The number of aromatic nitrogens is 3. The van der Waals surface area contributed by atoms with Gasteiger partial charge in [-0.25, -0.2) is 9.98 Å². The van der Waals surface area contributed by atoms with Gasteiger partial charge in [-0.15, -0.1) is 0 Å². The minimum atomic E-state index is 0.547. The average Bonchev–Trinajstić information content (AvgIpc) is 3.04. The predicted molar refractivity (Wildman–Crippen MR) is 100 cm³/mol. The predicted octanol–water partition coefficient (Wildman–Crippen LogP) is 2.41. The summed E-state index contributed by atoms with van der Waals surface area (Å²) < 4.78 is 1.78. The summed E-state index contributed by atoms with van der Waals surface area (Å²) in [6.45, 7) is 7.91. The van der Waals surface area contributed by atoms with Gasteiger partial charge in [0.15, 0.2) is 5.96 Å². The van der Waals surface area contributed by atoms with Crippen molar-refractivity contribution in [1.82, 2.24) is 25.0 Å². The fourth-order valence-electron chi connectivity index (χ4n) is 3.57. The number of nitrogens with zero attached hydrogens (tertiary/aromatic N) is 5. The number of piperidine rings is 1. The van der Waals surface area contributed by atoms with Crippen LogP contribution in [0.2, 0.25) is 0 Å². The van der Waals surface area contributed by atoms with Crippen molar-refractivity contribution in [2.75, 3.05) is 19.6 Å². The molecule has 0 spiro atoms. The highest BCUT2D eigenvalue weighted by Gasteiger charge is 2.28. The second-order valence-corrected chi connectivity index (χ2v) is 6.70. The van der Waals surface area contributed by atoms with Gasteiger partial charge in [-0.05, 0) is 30.7 Å². The number of aryl methyl sites for hydroxylation is 1. The van der Waals surface area contributed by atoms with Crippen LogP contribution in [0.15, 0.2) is 41.7 Å². The minimum Gasteiger partial charge on any atom is -0.357 e. The number of hydrogen-bond donors (Lipinski definition) is 1. The van der Waals surface area contributed by atoms with Crippen molar-refractivity contribution in [3.63, 3.8) is 0 Å². The zero-order valence-electron chi connectivity index (χ0n) is 15.4. The molecule has 6 nitrogen and oxygen atoms in total. The van der Waals surface area contributed by atoms with E-state index in [9.17, 15) is 0 Å². The number of benzene rings is 1. The molecule has 1 saturated heterocycles. The van der Waals surface area contributed by atoms with Crippen LogP contribution in [0.5, 0.6) is 0 Å². The van der Waals surface area contributed by atoms with Gasteiger partial charge in [0.05, 0.1) is 0 Å². The topological polar surface area (TPSA) is 58.3 Å². The Labute approximate surface area is 150 Å². The third-order valence-electron chi connectivity index (χ3n) is 4.94. The molecule has 1 aliphatic heterocycles. The lowest BCUT2D eigenvalue weighted by atomic mass is 9.82. The van der Waals surface area contributed by atoms with Gasteiger partial charge in [0.2, 0.25) is 0 Å². The Bertz CT molecular complexity index is 693. The Kier molecular flexibility index (Phi) is 5.68. The van der Waals surface area contributed by atoms with Gasteiger partial charge in [0.25, 0.3) is 0 Å². The maximum atomic E-state index is 4.78. The Morgan fingerprint density at radius 2 is 2.12 bits per heavy atom. The molecule has 1 N–H and O–H groups in total. The number of nitrogens with one attached hydrogen (secondary N) is 1. The fraction of sp³-hybridized carbons (Fsp3) is 0.526. The summed E-state index contributed by atoms with van der Waals surface area (Å²) in [6, 6.07) is 10.9. The summed E-state index contributed by atoms with van der Waals surface area (Å²) in [5, 5.41) is 7.54. The molecule has 0 saturated carbocycles. The molecule has 2 heterocycles. The van der Waals surface area contributed by atoms with E-state index >= 15 is 0 Å². The lowest BCUT2D eigenvalue weighted by molar-refractivity contribution is 0.234. The first-order valence-electron chi connectivity index (χ1n) is 9.10. The molecule has 1 aromatic carbocycles. The fourth-order valence-corrected chi connectivity index (χ4v) is 3.57. The molecule has 0 amide bonds. The molecule has 25 heavy (non-hydrogen) atoms. The van der Waals surface area contributed by atoms with E-state index in [1.807, 2.05) is 7.05 Å². The van der Waals surface area contributed by atoms with Crippen molar-refractivity contribution in [2.45, 2.75) is 32.7 Å². The summed E-state index contributed by atoms with van der Waals surface area (Å²) >= 11 is 0. The minimum absolute atomic E-state index is 0.547. The molecule has 0 bridgehead atoms. The maximum absolute atomic E-state index is 4.78. The summed E-state index contributed by atoms with van der Waals surface area (Å²) in [4.78, 5) is 11.4. The molecule has 1 aromatic heterocycles. The summed E-state index contributed by atoms with van der Waals surface area (Å²) in [5.41, 5.74) is 1.45. The molecule has 134 valence electrons. The summed E-state index contributed by atoms with van der Waals surface area (Å²) in [5.74, 6) is 3.07. The zero-order valence-corrected chi connectivity index (χ0v) is 15.4. The standard InChI is InChI=1S/C19H28N6/c1-4-20-19(21-12-18-22-14-23-24(18)3)25-11-10-17(15(2)13-25)16-8-6-5-7-9-16/h5-9,14-15,17H,4,10-13H2,1-3H3,(H,20,21)/t15-,17-/m1/s1. The summed E-state index contributed by atoms with van der Waals surface area (Å²) in [7, 11) is 1.90. The highest BCUT2D eigenvalue weighted by atomic mass is 15.3. The molecule has 0 aliphatic carbocycles. The van der Waals surface area contributed by atoms with Crippen LogP contribution in [0.3, 0.4) is 0 Å².